The van der Waals surface area contributed by atoms with E-state index in [0.717, 1.165) is 6.20 Å². The molecule has 0 bridgehead atoms. The molecule has 0 saturated carbocycles. The lowest BCUT2D eigenvalue weighted by Gasteiger charge is -2.05. The van der Waals surface area contributed by atoms with Gasteiger partial charge >= 0.3 is 0 Å². The Kier molecular flexibility index (Phi) is 5.52. The number of halogens is 4. The monoisotopic (exact) mass is 357 g/mol. The van der Waals surface area contributed by atoms with Gasteiger partial charge in [-0.05, 0) is 24.3 Å². The van der Waals surface area contributed by atoms with Gasteiger partial charge in [-0.15, -0.1) is 12.4 Å². The summed E-state index contributed by atoms with van der Waals surface area (Å²) in [5.74, 6) is -0.635. The lowest BCUT2D eigenvalue weighted by atomic mass is 10.3. The second-order valence-corrected chi connectivity index (χ2v) is 6.34. The largest absolute Gasteiger partial charge is 0.324 e. The van der Waals surface area contributed by atoms with E-state index in [1.165, 1.54) is 24.3 Å². The van der Waals surface area contributed by atoms with E-state index in [0.29, 0.717) is 5.69 Å². The second-order valence-electron chi connectivity index (χ2n) is 3.42. The van der Waals surface area contributed by atoms with Gasteiger partial charge in [0.1, 0.15) is 0 Å². The van der Waals surface area contributed by atoms with Crippen LogP contribution in [-0.4, -0.2) is 18.4 Å². The molecule has 2 rings (SSSR count). The van der Waals surface area contributed by atoms with Crippen LogP contribution in [0.1, 0.15) is 0 Å². The fourth-order valence-electron chi connectivity index (χ4n) is 1.24. The van der Waals surface area contributed by atoms with Crippen LogP contribution in [0.2, 0.25) is 5.15 Å². The lowest BCUT2D eigenvalue weighted by Crippen LogP contribution is -1.99. The third-order valence-corrected chi connectivity index (χ3v) is 3.73. The van der Waals surface area contributed by atoms with Crippen LogP contribution in [0.4, 0.5) is 16.0 Å². The molecule has 0 aliphatic heterocycles. The molecule has 0 amide bonds. The molecule has 0 unspecified atom stereocenters. The highest BCUT2D eigenvalue weighted by molar-refractivity contribution is 8.13. The van der Waals surface area contributed by atoms with Crippen LogP contribution in [0.25, 0.3) is 0 Å². The van der Waals surface area contributed by atoms with Crippen LogP contribution in [0.3, 0.4) is 0 Å². The average molecular weight is 359 g/mol. The average Bonchev–Trinajstić information content (AvgIpc) is 2.33. The molecule has 0 radical (unpaired) electrons. The molecule has 10 heteroatoms. The van der Waals surface area contributed by atoms with Gasteiger partial charge in [-0.2, -0.15) is 4.98 Å². The molecule has 5 nitrogen and oxygen atoms in total. The van der Waals surface area contributed by atoms with Gasteiger partial charge in [0.15, 0.2) is 11.0 Å². The fourth-order valence-corrected chi connectivity index (χ4v) is 2.14. The molecule has 1 aromatic heterocycles. The molecule has 20 heavy (non-hydrogen) atoms. The summed E-state index contributed by atoms with van der Waals surface area (Å²) in [6.07, 6.45) is 0.926. The van der Waals surface area contributed by atoms with Crippen molar-refractivity contribution in [3.63, 3.8) is 0 Å². The maximum absolute atomic E-state index is 12.9. The highest BCUT2D eigenvalue weighted by atomic mass is 35.7. The van der Waals surface area contributed by atoms with Gasteiger partial charge < -0.3 is 5.32 Å². The van der Waals surface area contributed by atoms with Crippen molar-refractivity contribution in [2.24, 2.45) is 0 Å². The van der Waals surface area contributed by atoms with Gasteiger partial charge in [0.2, 0.25) is 5.95 Å². The van der Waals surface area contributed by atoms with Crippen molar-refractivity contribution in [2.45, 2.75) is 4.90 Å². The summed E-state index contributed by atoms with van der Waals surface area (Å²) in [5, 5.41) is 2.43. The van der Waals surface area contributed by atoms with Crippen molar-refractivity contribution >= 4 is 55.4 Å². The molecule has 1 heterocycles. The first-order valence-corrected chi connectivity index (χ1v) is 7.55. The molecule has 1 N–H and O–H groups in total. The number of rotatable bonds is 3. The molecule has 2 aromatic rings. The smallest absolute Gasteiger partial charge is 0.261 e. The summed E-state index contributed by atoms with van der Waals surface area (Å²) in [6, 6.07) is 5.57. The zero-order chi connectivity index (χ0) is 14.0. The van der Waals surface area contributed by atoms with Gasteiger partial charge in [-0.1, -0.05) is 11.6 Å². The van der Waals surface area contributed by atoms with E-state index in [-0.39, 0.29) is 28.4 Å². The zero-order valence-electron chi connectivity index (χ0n) is 9.55. The number of hydrogen-bond donors (Lipinski definition) is 1. The Balaban J connectivity index is 0.00000200. The highest BCUT2D eigenvalue weighted by Gasteiger charge is 2.09. The number of anilines is 2. The van der Waals surface area contributed by atoms with Crippen LogP contribution < -0.4 is 5.32 Å². The molecular weight excluding hydrogens is 352 g/mol. The fraction of sp³-hybridized carbons (Fsp3) is 0. The molecule has 0 fully saturated rings. The maximum Gasteiger partial charge on any atom is 0.261 e. The third kappa shape index (κ3) is 4.17. The minimum Gasteiger partial charge on any atom is -0.324 e. The zero-order valence-corrected chi connectivity index (χ0v) is 12.7. The molecule has 108 valence electrons. The summed E-state index contributed by atoms with van der Waals surface area (Å²) in [4.78, 5) is 7.31. The van der Waals surface area contributed by atoms with Crippen molar-refractivity contribution in [3.8, 4) is 0 Å². The molecule has 0 saturated heterocycles. The minimum atomic E-state index is -3.76. The standard InChI is InChI=1S/C10H6Cl2FN3O2S.ClH/c11-9-8(13)5-14-10(16-9)15-6-1-3-7(4-2-6)19(12,17)18;/h1-5H,(H,14,15,16);1H. The highest BCUT2D eigenvalue weighted by Crippen LogP contribution is 2.20. The van der Waals surface area contributed by atoms with Crippen molar-refractivity contribution < 1.29 is 12.8 Å². The van der Waals surface area contributed by atoms with E-state index >= 15 is 0 Å². The Bertz CT molecular complexity index is 710. The SMILES string of the molecule is Cl.O=S(=O)(Cl)c1ccc(Nc2ncc(F)c(Cl)n2)cc1. The number of hydrogen-bond acceptors (Lipinski definition) is 5. The van der Waals surface area contributed by atoms with Crippen LogP contribution in [0.15, 0.2) is 35.4 Å². The molecule has 0 spiro atoms. The van der Waals surface area contributed by atoms with Gasteiger partial charge in [0, 0.05) is 16.4 Å². The van der Waals surface area contributed by atoms with Crippen molar-refractivity contribution in [3.05, 3.63) is 41.4 Å². The maximum atomic E-state index is 12.9. The normalized spacial score (nSPS) is 10.8. The predicted octanol–water partition coefficient (Wildman–Crippen LogP) is 3.36. The minimum absolute atomic E-state index is 0. The molecule has 1 aromatic carbocycles. The molecular formula is C10H7Cl3FN3O2S. The Morgan fingerprint density at radius 3 is 2.30 bits per heavy atom. The summed E-state index contributed by atoms with van der Waals surface area (Å²) in [5.41, 5.74) is 0.506. The second kappa shape index (κ2) is 6.53. The van der Waals surface area contributed by atoms with Crippen molar-refractivity contribution in [1.82, 2.24) is 9.97 Å². The van der Waals surface area contributed by atoms with Crippen molar-refractivity contribution in [1.29, 1.82) is 0 Å². The summed E-state index contributed by atoms with van der Waals surface area (Å²) >= 11 is 5.50. The topological polar surface area (TPSA) is 72.0 Å². The first kappa shape index (κ1) is 16.9. The van der Waals surface area contributed by atoms with Gasteiger partial charge in [0.25, 0.3) is 9.05 Å². The Morgan fingerprint density at radius 2 is 1.80 bits per heavy atom. The number of nitrogens with zero attached hydrogens (tertiary/aromatic N) is 2. The van der Waals surface area contributed by atoms with E-state index in [9.17, 15) is 12.8 Å². The van der Waals surface area contributed by atoms with Crippen LogP contribution in [0.5, 0.6) is 0 Å². The lowest BCUT2D eigenvalue weighted by molar-refractivity contribution is 0.609. The number of aromatic nitrogens is 2. The first-order chi connectivity index (χ1) is 8.86. The number of nitrogens with one attached hydrogen (secondary N) is 1. The quantitative estimate of drug-likeness (QED) is 0.673. The Labute approximate surface area is 130 Å². The molecule has 0 aliphatic carbocycles. The molecule has 0 aliphatic rings. The van der Waals surface area contributed by atoms with E-state index < -0.39 is 14.9 Å². The van der Waals surface area contributed by atoms with E-state index in [1.54, 1.807) is 0 Å². The van der Waals surface area contributed by atoms with Gasteiger partial charge in [0.05, 0.1) is 11.1 Å². The van der Waals surface area contributed by atoms with Gasteiger partial charge in [-0.25, -0.2) is 17.8 Å². The van der Waals surface area contributed by atoms with E-state index in [1.807, 2.05) is 0 Å². The van der Waals surface area contributed by atoms with Crippen LogP contribution in [-0.2, 0) is 9.05 Å². The summed E-state index contributed by atoms with van der Waals surface area (Å²) in [6.45, 7) is 0. The van der Waals surface area contributed by atoms with E-state index in [2.05, 4.69) is 15.3 Å². The predicted molar refractivity (Wildman–Crippen MR) is 77.0 cm³/mol. The van der Waals surface area contributed by atoms with Crippen molar-refractivity contribution in [2.75, 3.05) is 5.32 Å². The first-order valence-electron chi connectivity index (χ1n) is 4.86. The molecule has 0 atom stereocenters. The van der Waals surface area contributed by atoms with Crippen LogP contribution >= 0.6 is 34.7 Å². The third-order valence-electron chi connectivity index (χ3n) is 2.09. The summed E-state index contributed by atoms with van der Waals surface area (Å²) in [7, 11) is 1.42. The Morgan fingerprint density at radius 1 is 1.20 bits per heavy atom. The van der Waals surface area contributed by atoms with E-state index in [4.69, 9.17) is 22.3 Å². The van der Waals surface area contributed by atoms with Gasteiger partial charge in [-0.3, -0.25) is 0 Å². The summed E-state index contributed by atoms with van der Waals surface area (Å²) < 4.78 is 34.9. The van der Waals surface area contributed by atoms with Crippen LogP contribution in [0, 0.1) is 5.82 Å². The Hall–Kier alpha value is -1.15. The number of benzene rings is 1.